The summed E-state index contributed by atoms with van der Waals surface area (Å²) in [5.41, 5.74) is 0.488. The molecule has 1 aliphatic rings. The molecule has 0 unspecified atom stereocenters. The van der Waals surface area contributed by atoms with E-state index in [2.05, 4.69) is 5.32 Å². The summed E-state index contributed by atoms with van der Waals surface area (Å²) in [4.78, 5) is 25.6. The van der Waals surface area contributed by atoms with Gasteiger partial charge in [0.15, 0.2) is 5.78 Å². The Hall–Kier alpha value is -1.77. The van der Waals surface area contributed by atoms with Crippen LogP contribution in [0.4, 0.5) is 0 Å². The second-order valence-electron chi connectivity index (χ2n) is 6.84. The minimum atomic E-state index is -3.59. The Morgan fingerprint density at radius 2 is 1.59 bits per heavy atom. The number of amides is 1. The van der Waals surface area contributed by atoms with Crippen molar-refractivity contribution in [1.82, 2.24) is 14.5 Å². The smallest absolute Gasteiger partial charge is 0.243 e. The topological polar surface area (TPSA) is 86.8 Å². The van der Waals surface area contributed by atoms with Crippen molar-refractivity contribution in [3.05, 3.63) is 29.8 Å². The normalized spacial score (nSPS) is 16.4. The number of nitrogens with zero attached hydrogens (tertiary/aromatic N) is 2. The Morgan fingerprint density at radius 3 is 2.07 bits per heavy atom. The predicted octanol–water partition coefficient (Wildman–Crippen LogP) is 1.50. The van der Waals surface area contributed by atoms with Crippen LogP contribution in [0.1, 0.15) is 44.0 Å². The summed E-state index contributed by atoms with van der Waals surface area (Å²) >= 11 is 0. The quantitative estimate of drug-likeness (QED) is 0.674. The summed E-state index contributed by atoms with van der Waals surface area (Å²) in [6.07, 6.45) is 1.80. The van der Waals surface area contributed by atoms with Gasteiger partial charge in [0.25, 0.3) is 0 Å². The van der Waals surface area contributed by atoms with E-state index in [1.165, 1.54) is 35.5 Å². The molecule has 1 amide bonds. The third kappa shape index (κ3) is 5.60. The van der Waals surface area contributed by atoms with E-state index in [4.69, 9.17) is 0 Å². The van der Waals surface area contributed by atoms with E-state index < -0.39 is 10.0 Å². The van der Waals surface area contributed by atoms with Gasteiger partial charge in [-0.3, -0.25) is 14.5 Å². The van der Waals surface area contributed by atoms with Crippen molar-refractivity contribution in [3.8, 4) is 0 Å². The Kier molecular flexibility index (Phi) is 7.52. The van der Waals surface area contributed by atoms with Crippen LogP contribution in [0, 0.1) is 0 Å². The maximum atomic E-state index is 12.8. The highest BCUT2D eigenvalue weighted by Crippen LogP contribution is 2.18. The summed E-state index contributed by atoms with van der Waals surface area (Å²) in [5.74, 6) is -0.112. The van der Waals surface area contributed by atoms with Gasteiger partial charge in [-0.25, -0.2) is 8.42 Å². The largest absolute Gasteiger partial charge is 0.352 e. The van der Waals surface area contributed by atoms with Gasteiger partial charge in [0.05, 0.1) is 11.4 Å². The lowest BCUT2D eigenvalue weighted by molar-refractivity contribution is -0.123. The van der Waals surface area contributed by atoms with Crippen molar-refractivity contribution in [2.75, 3.05) is 32.7 Å². The van der Waals surface area contributed by atoms with Crippen molar-refractivity contribution in [3.63, 3.8) is 0 Å². The Bertz CT molecular complexity index is 750. The monoisotopic (exact) mass is 395 g/mol. The van der Waals surface area contributed by atoms with Crippen molar-refractivity contribution in [2.24, 2.45) is 0 Å². The third-order valence-electron chi connectivity index (χ3n) is 4.95. The molecule has 1 aliphatic heterocycles. The highest BCUT2D eigenvalue weighted by molar-refractivity contribution is 7.89. The number of ketones is 1. The number of carbonyl (C=O) groups is 2. The molecule has 1 fully saturated rings. The minimum Gasteiger partial charge on any atom is -0.352 e. The zero-order valence-corrected chi connectivity index (χ0v) is 17.1. The SMILES string of the molecule is CCC(CC)NC(=O)CN1CCN(S(=O)(=O)c2ccc(C(C)=O)cc2)CC1. The number of sulfonamides is 1. The molecule has 1 aromatic carbocycles. The fourth-order valence-electron chi connectivity index (χ4n) is 3.11. The van der Waals surface area contributed by atoms with Crippen LogP contribution in [0.15, 0.2) is 29.2 Å². The molecule has 0 bridgehead atoms. The van der Waals surface area contributed by atoms with Crippen LogP contribution in [0.25, 0.3) is 0 Å². The van der Waals surface area contributed by atoms with E-state index in [9.17, 15) is 18.0 Å². The van der Waals surface area contributed by atoms with Crippen LogP contribution < -0.4 is 5.32 Å². The van der Waals surface area contributed by atoms with E-state index in [0.29, 0.717) is 31.7 Å². The van der Waals surface area contributed by atoms with Gasteiger partial charge in [-0.15, -0.1) is 0 Å². The standard InChI is InChI=1S/C19H29N3O4S/c1-4-17(5-2)20-19(24)14-21-10-12-22(13-11-21)27(25,26)18-8-6-16(7-9-18)15(3)23/h6-9,17H,4-5,10-14H2,1-3H3,(H,20,24). The lowest BCUT2D eigenvalue weighted by Crippen LogP contribution is -2.51. The maximum Gasteiger partial charge on any atom is 0.243 e. The van der Waals surface area contributed by atoms with Crippen LogP contribution in [0.3, 0.4) is 0 Å². The van der Waals surface area contributed by atoms with Crippen molar-refractivity contribution < 1.29 is 18.0 Å². The molecule has 8 heteroatoms. The molecule has 0 radical (unpaired) electrons. The van der Waals surface area contributed by atoms with Gasteiger partial charge in [0.1, 0.15) is 0 Å². The number of piperazine rings is 1. The molecule has 1 N–H and O–H groups in total. The molecule has 1 saturated heterocycles. The molecular weight excluding hydrogens is 366 g/mol. The molecule has 1 aromatic rings. The first-order valence-electron chi connectivity index (χ1n) is 9.40. The highest BCUT2D eigenvalue weighted by Gasteiger charge is 2.29. The summed E-state index contributed by atoms with van der Waals surface area (Å²) in [6, 6.07) is 6.21. The number of carbonyl (C=O) groups excluding carboxylic acids is 2. The second kappa shape index (κ2) is 9.43. The summed E-state index contributed by atoms with van der Waals surface area (Å²) in [7, 11) is -3.59. The van der Waals surface area contributed by atoms with Gasteiger partial charge in [0.2, 0.25) is 15.9 Å². The zero-order valence-electron chi connectivity index (χ0n) is 16.3. The maximum absolute atomic E-state index is 12.8. The van der Waals surface area contributed by atoms with E-state index in [0.717, 1.165) is 12.8 Å². The lowest BCUT2D eigenvalue weighted by Gasteiger charge is -2.33. The minimum absolute atomic E-state index is 0.0140. The van der Waals surface area contributed by atoms with Crippen molar-refractivity contribution in [2.45, 2.75) is 44.6 Å². The van der Waals surface area contributed by atoms with E-state index in [-0.39, 0.29) is 29.2 Å². The molecule has 1 heterocycles. The molecule has 0 saturated carbocycles. The van der Waals surface area contributed by atoms with Gasteiger partial charge in [-0.2, -0.15) is 4.31 Å². The number of Topliss-reactive ketones (excluding diaryl/α,β-unsaturated/α-hetero) is 1. The molecule has 0 spiro atoms. The van der Waals surface area contributed by atoms with E-state index in [1.807, 2.05) is 18.7 Å². The van der Waals surface area contributed by atoms with Crippen LogP contribution in [-0.4, -0.2) is 68.1 Å². The van der Waals surface area contributed by atoms with E-state index in [1.54, 1.807) is 0 Å². The van der Waals surface area contributed by atoms with Crippen molar-refractivity contribution >= 4 is 21.7 Å². The van der Waals surface area contributed by atoms with Crippen LogP contribution >= 0.6 is 0 Å². The molecule has 0 aliphatic carbocycles. The van der Waals surface area contributed by atoms with Gasteiger partial charge in [-0.1, -0.05) is 26.0 Å². The Balaban J connectivity index is 1.92. The van der Waals surface area contributed by atoms with Gasteiger partial charge in [0, 0.05) is 37.8 Å². The number of nitrogens with one attached hydrogen (secondary N) is 1. The number of rotatable bonds is 8. The lowest BCUT2D eigenvalue weighted by atomic mass is 10.2. The number of hydrogen-bond donors (Lipinski definition) is 1. The van der Waals surface area contributed by atoms with Gasteiger partial charge < -0.3 is 5.32 Å². The number of hydrogen-bond acceptors (Lipinski definition) is 5. The average Bonchev–Trinajstić information content (AvgIpc) is 2.66. The predicted molar refractivity (Wildman–Crippen MR) is 104 cm³/mol. The average molecular weight is 396 g/mol. The molecule has 150 valence electrons. The van der Waals surface area contributed by atoms with Gasteiger partial charge in [-0.05, 0) is 31.9 Å². The van der Waals surface area contributed by atoms with Crippen LogP contribution in [0.2, 0.25) is 0 Å². The molecule has 0 atom stereocenters. The zero-order chi connectivity index (χ0) is 20.0. The first kappa shape index (κ1) is 21.5. The Labute approximate surface area is 161 Å². The summed E-state index contributed by atoms with van der Waals surface area (Å²) < 4.78 is 27.0. The molecule has 2 rings (SSSR count). The van der Waals surface area contributed by atoms with Gasteiger partial charge >= 0.3 is 0 Å². The fourth-order valence-corrected chi connectivity index (χ4v) is 4.53. The molecule has 27 heavy (non-hydrogen) atoms. The first-order valence-corrected chi connectivity index (χ1v) is 10.8. The van der Waals surface area contributed by atoms with E-state index >= 15 is 0 Å². The summed E-state index contributed by atoms with van der Waals surface area (Å²) in [5, 5.41) is 3.01. The molecular formula is C19H29N3O4S. The summed E-state index contributed by atoms with van der Waals surface area (Å²) in [6.45, 7) is 7.54. The second-order valence-corrected chi connectivity index (χ2v) is 8.78. The van der Waals surface area contributed by atoms with Crippen molar-refractivity contribution in [1.29, 1.82) is 0 Å². The number of benzene rings is 1. The molecule has 7 nitrogen and oxygen atoms in total. The Morgan fingerprint density at radius 1 is 1.04 bits per heavy atom. The van der Waals surface area contributed by atoms with Crippen LogP contribution in [-0.2, 0) is 14.8 Å². The third-order valence-corrected chi connectivity index (χ3v) is 6.86. The molecule has 0 aromatic heterocycles. The van der Waals surface area contributed by atoms with Crippen LogP contribution in [0.5, 0.6) is 0 Å². The highest BCUT2D eigenvalue weighted by atomic mass is 32.2. The first-order chi connectivity index (χ1) is 12.8. The fraction of sp³-hybridized carbons (Fsp3) is 0.579.